The summed E-state index contributed by atoms with van der Waals surface area (Å²) in [6.45, 7) is 0. The van der Waals surface area contributed by atoms with Crippen molar-refractivity contribution in [1.29, 1.82) is 0 Å². The fourth-order valence-electron chi connectivity index (χ4n) is 5.25. The van der Waals surface area contributed by atoms with Crippen LogP contribution >= 0.6 is 11.8 Å². The van der Waals surface area contributed by atoms with Gasteiger partial charge in [0.15, 0.2) is 0 Å². The molecule has 0 radical (unpaired) electrons. The number of rotatable bonds is 6. The molecule has 0 aromatic heterocycles. The molecular formula is C32H26S. The average molecular weight is 443 g/mol. The predicted molar refractivity (Wildman–Crippen MR) is 143 cm³/mol. The Balaban J connectivity index is 1.21. The second kappa shape index (κ2) is 8.92. The maximum Gasteiger partial charge on any atom is 0.0281 e. The second-order valence-corrected chi connectivity index (χ2v) is 9.81. The van der Waals surface area contributed by atoms with Gasteiger partial charge in [0.1, 0.15) is 0 Å². The van der Waals surface area contributed by atoms with E-state index in [1.54, 1.807) is 0 Å². The lowest BCUT2D eigenvalue weighted by Crippen LogP contribution is -2.02. The molecule has 4 aromatic rings. The van der Waals surface area contributed by atoms with E-state index >= 15 is 0 Å². The molecule has 0 aliphatic heterocycles. The van der Waals surface area contributed by atoms with E-state index in [4.69, 9.17) is 0 Å². The molecule has 0 saturated heterocycles. The molecule has 0 saturated carbocycles. The van der Waals surface area contributed by atoms with Gasteiger partial charge in [-0.2, -0.15) is 11.8 Å². The van der Waals surface area contributed by atoms with Gasteiger partial charge in [-0.05, 0) is 44.5 Å². The number of benzene rings is 4. The summed E-state index contributed by atoms with van der Waals surface area (Å²) < 4.78 is 0. The Labute approximate surface area is 200 Å². The Morgan fingerprint density at radius 1 is 0.455 bits per heavy atom. The van der Waals surface area contributed by atoms with Crippen molar-refractivity contribution in [2.24, 2.45) is 0 Å². The van der Waals surface area contributed by atoms with Crippen LogP contribution in [0.2, 0.25) is 0 Å². The first-order valence-electron chi connectivity index (χ1n) is 11.7. The Kier molecular flexibility index (Phi) is 5.49. The van der Waals surface area contributed by atoms with Crippen molar-refractivity contribution in [2.75, 3.05) is 0 Å². The minimum Gasteiger partial charge on any atom is -0.152 e. The average Bonchev–Trinajstić information content (AvgIpc) is 3.49. The van der Waals surface area contributed by atoms with E-state index in [0.29, 0.717) is 11.8 Å². The molecule has 6 rings (SSSR count). The molecule has 0 N–H and O–H groups in total. The molecule has 33 heavy (non-hydrogen) atoms. The summed E-state index contributed by atoms with van der Waals surface area (Å²) in [4.78, 5) is 0. The maximum atomic E-state index is 2.35. The van der Waals surface area contributed by atoms with E-state index in [1.165, 1.54) is 44.5 Å². The summed E-state index contributed by atoms with van der Waals surface area (Å²) in [5, 5.41) is 0. The van der Waals surface area contributed by atoms with Gasteiger partial charge in [-0.15, -0.1) is 0 Å². The Bertz CT molecular complexity index is 1260. The van der Waals surface area contributed by atoms with Gasteiger partial charge in [-0.25, -0.2) is 0 Å². The Hall–Kier alpha value is -3.29. The van der Waals surface area contributed by atoms with Crippen LogP contribution < -0.4 is 0 Å². The third kappa shape index (κ3) is 3.87. The van der Waals surface area contributed by atoms with E-state index in [9.17, 15) is 0 Å². The molecule has 160 valence electrons. The van der Waals surface area contributed by atoms with Crippen LogP contribution in [0.5, 0.6) is 0 Å². The lowest BCUT2D eigenvalue weighted by Gasteiger charge is -2.18. The minimum atomic E-state index is 0.366. The normalized spacial score (nSPS) is 17.8. The van der Waals surface area contributed by atoms with Gasteiger partial charge in [-0.3, -0.25) is 0 Å². The Morgan fingerprint density at radius 3 is 1.33 bits per heavy atom. The van der Waals surface area contributed by atoms with Crippen LogP contribution in [0.4, 0.5) is 0 Å². The first-order chi connectivity index (χ1) is 16.4. The van der Waals surface area contributed by atoms with Crippen molar-refractivity contribution in [3.05, 3.63) is 154 Å². The van der Waals surface area contributed by atoms with Crippen molar-refractivity contribution in [3.63, 3.8) is 0 Å². The molecule has 0 spiro atoms. The fraction of sp³-hybridized carbons (Fsp3) is 0.125. The molecule has 0 heterocycles. The zero-order chi connectivity index (χ0) is 22.0. The van der Waals surface area contributed by atoms with Crippen LogP contribution in [-0.2, 0) is 11.5 Å². The van der Waals surface area contributed by atoms with Gasteiger partial charge in [0, 0.05) is 23.3 Å². The van der Waals surface area contributed by atoms with Crippen molar-refractivity contribution >= 4 is 23.9 Å². The molecule has 2 aliphatic carbocycles. The largest absolute Gasteiger partial charge is 0.152 e. The van der Waals surface area contributed by atoms with Gasteiger partial charge >= 0.3 is 0 Å². The van der Waals surface area contributed by atoms with Crippen molar-refractivity contribution in [1.82, 2.24) is 0 Å². The van der Waals surface area contributed by atoms with Crippen molar-refractivity contribution in [2.45, 2.75) is 23.3 Å². The third-order valence-corrected chi connectivity index (χ3v) is 7.92. The van der Waals surface area contributed by atoms with Crippen LogP contribution in [-0.4, -0.2) is 0 Å². The van der Waals surface area contributed by atoms with Gasteiger partial charge in [0.25, 0.3) is 0 Å². The highest BCUT2D eigenvalue weighted by atomic mass is 32.2. The molecule has 2 aliphatic rings. The SMILES string of the molecule is C1=CC(c2ccccc2CSCc2ccccc2C2C=Cc3ccccc32)c2ccccc21. The summed E-state index contributed by atoms with van der Waals surface area (Å²) in [5.74, 6) is 2.78. The molecule has 2 unspecified atom stereocenters. The molecule has 1 heteroatoms. The lowest BCUT2D eigenvalue weighted by atomic mass is 9.90. The highest BCUT2D eigenvalue weighted by Crippen LogP contribution is 2.39. The van der Waals surface area contributed by atoms with E-state index in [1.807, 2.05) is 11.8 Å². The first-order valence-corrected chi connectivity index (χ1v) is 12.8. The fourth-order valence-corrected chi connectivity index (χ4v) is 6.32. The third-order valence-electron chi connectivity index (χ3n) is 6.89. The van der Waals surface area contributed by atoms with Gasteiger partial charge in [0.05, 0.1) is 0 Å². The molecule has 0 fully saturated rings. The summed E-state index contributed by atoms with van der Waals surface area (Å²) in [6.07, 6.45) is 9.25. The van der Waals surface area contributed by atoms with Crippen molar-refractivity contribution in [3.8, 4) is 0 Å². The number of hydrogen-bond acceptors (Lipinski definition) is 1. The van der Waals surface area contributed by atoms with E-state index in [2.05, 4.69) is 121 Å². The first kappa shape index (κ1) is 20.3. The highest BCUT2D eigenvalue weighted by Gasteiger charge is 2.22. The van der Waals surface area contributed by atoms with Crippen LogP contribution in [0.1, 0.15) is 56.3 Å². The smallest absolute Gasteiger partial charge is 0.0281 e. The van der Waals surface area contributed by atoms with Gasteiger partial charge < -0.3 is 0 Å². The Morgan fingerprint density at radius 2 is 0.848 bits per heavy atom. The highest BCUT2D eigenvalue weighted by molar-refractivity contribution is 7.97. The summed E-state index contributed by atoms with van der Waals surface area (Å²) in [6, 6.07) is 35.5. The number of fused-ring (bicyclic) bond motifs is 2. The van der Waals surface area contributed by atoms with E-state index in [0.717, 1.165) is 11.5 Å². The van der Waals surface area contributed by atoms with E-state index < -0.39 is 0 Å². The standard InChI is InChI=1S/C32H26S/c1-5-13-27-23(9-1)17-19-31(27)29-15-7-3-11-25(29)21-33-22-26-12-4-8-16-30(26)32-20-18-24-10-2-6-14-28(24)32/h1-20,31-32H,21-22H2. The molecule has 0 amide bonds. The summed E-state index contributed by atoms with van der Waals surface area (Å²) in [7, 11) is 0. The van der Waals surface area contributed by atoms with Crippen LogP contribution in [0.25, 0.3) is 12.2 Å². The molecular weight excluding hydrogens is 416 g/mol. The van der Waals surface area contributed by atoms with Crippen molar-refractivity contribution < 1.29 is 0 Å². The molecule has 0 bridgehead atoms. The lowest BCUT2D eigenvalue weighted by molar-refractivity contribution is 1.02. The second-order valence-electron chi connectivity index (χ2n) is 8.82. The number of thioether (sulfide) groups is 1. The number of allylic oxidation sites excluding steroid dienone is 2. The molecule has 2 atom stereocenters. The maximum absolute atomic E-state index is 2.35. The molecule has 4 aromatic carbocycles. The predicted octanol–water partition coefficient (Wildman–Crippen LogP) is 8.44. The minimum absolute atomic E-state index is 0.366. The monoisotopic (exact) mass is 442 g/mol. The summed E-state index contributed by atoms with van der Waals surface area (Å²) in [5.41, 5.74) is 11.3. The van der Waals surface area contributed by atoms with Gasteiger partial charge in [-0.1, -0.05) is 121 Å². The van der Waals surface area contributed by atoms with Gasteiger partial charge in [0.2, 0.25) is 0 Å². The van der Waals surface area contributed by atoms with E-state index in [-0.39, 0.29) is 0 Å². The zero-order valence-corrected chi connectivity index (χ0v) is 19.3. The van der Waals surface area contributed by atoms with Crippen LogP contribution in [0.3, 0.4) is 0 Å². The quantitative estimate of drug-likeness (QED) is 0.289. The topological polar surface area (TPSA) is 0 Å². The molecule has 0 nitrogen and oxygen atoms in total. The number of hydrogen-bond donors (Lipinski definition) is 0. The summed E-state index contributed by atoms with van der Waals surface area (Å²) >= 11 is 2.02. The van der Waals surface area contributed by atoms with Crippen LogP contribution in [0.15, 0.2) is 109 Å². The zero-order valence-electron chi connectivity index (χ0n) is 18.5. The van der Waals surface area contributed by atoms with Crippen LogP contribution in [0, 0.1) is 0 Å².